The van der Waals surface area contributed by atoms with Gasteiger partial charge >= 0.3 is 0 Å². The summed E-state index contributed by atoms with van der Waals surface area (Å²) in [5, 5.41) is 0.505. The van der Waals surface area contributed by atoms with Crippen molar-refractivity contribution in [3.05, 3.63) is 41.6 Å². The Bertz CT molecular complexity index is 569. The minimum Gasteiger partial charge on any atom is -0.356 e. The van der Waals surface area contributed by atoms with E-state index in [2.05, 4.69) is 9.88 Å². The Labute approximate surface area is 128 Å². The maximum Gasteiger partial charge on any atom is 0.163 e. The number of halogens is 1. The van der Waals surface area contributed by atoms with Gasteiger partial charge in [0.2, 0.25) is 0 Å². The van der Waals surface area contributed by atoms with Gasteiger partial charge in [0.25, 0.3) is 0 Å². The van der Waals surface area contributed by atoms with Crippen molar-refractivity contribution in [2.24, 2.45) is 0 Å². The van der Waals surface area contributed by atoms with Crippen molar-refractivity contribution in [3.8, 4) is 11.4 Å². The molecule has 3 rings (SSSR count). The zero-order valence-electron chi connectivity index (χ0n) is 11.1. The van der Waals surface area contributed by atoms with Gasteiger partial charge in [-0.15, -0.1) is 0 Å². The van der Waals surface area contributed by atoms with Gasteiger partial charge in [-0.25, -0.2) is 9.97 Å². The molecule has 20 heavy (non-hydrogen) atoms. The van der Waals surface area contributed by atoms with E-state index >= 15 is 0 Å². The van der Waals surface area contributed by atoms with Crippen LogP contribution in [0.2, 0.25) is 5.15 Å². The van der Waals surface area contributed by atoms with E-state index in [0.717, 1.165) is 30.2 Å². The molecule has 2 aromatic rings. The Morgan fingerprint density at radius 3 is 2.75 bits per heavy atom. The van der Waals surface area contributed by atoms with Crippen LogP contribution in [0.4, 0.5) is 5.82 Å². The lowest BCUT2D eigenvalue weighted by Gasteiger charge is -2.21. The van der Waals surface area contributed by atoms with E-state index in [1.54, 1.807) is 0 Å². The average molecular weight is 306 g/mol. The predicted octanol–water partition coefficient (Wildman–Crippen LogP) is 3.74. The number of aromatic nitrogens is 2. The number of benzene rings is 1. The molecule has 0 aliphatic carbocycles. The molecule has 1 aromatic carbocycles. The van der Waals surface area contributed by atoms with E-state index in [9.17, 15) is 0 Å². The highest BCUT2D eigenvalue weighted by Crippen LogP contribution is 2.24. The predicted molar refractivity (Wildman–Crippen MR) is 86.6 cm³/mol. The molecule has 0 bridgehead atoms. The largest absolute Gasteiger partial charge is 0.356 e. The van der Waals surface area contributed by atoms with Crippen LogP contribution in [-0.2, 0) is 0 Å². The maximum absolute atomic E-state index is 6.18. The van der Waals surface area contributed by atoms with Gasteiger partial charge < -0.3 is 4.90 Å². The second-order valence-corrected chi connectivity index (χ2v) is 6.30. The molecule has 0 spiro atoms. The molecule has 2 heterocycles. The zero-order chi connectivity index (χ0) is 13.8. The van der Waals surface area contributed by atoms with Crippen molar-refractivity contribution in [2.45, 2.75) is 6.42 Å². The van der Waals surface area contributed by atoms with E-state index in [4.69, 9.17) is 16.6 Å². The first-order chi connectivity index (χ1) is 9.83. The summed E-state index contributed by atoms with van der Waals surface area (Å²) in [7, 11) is 0. The highest BCUT2D eigenvalue weighted by Gasteiger charge is 2.14. The molecule has 104 valence electrons. The Morgan fingerprint density at radius 1 is 1.05 bits per heavy atom. The van der Waals surface area contributed by atoms with Gasteiger partial charge in [-0.3, -0.25) is 0 Å². The van der Waals surface area contributed by atoms with Crippen molar-refractivity contribution in [1.82, 2.24) is 9.97 Å². The first kappa shape index (κ1) is 13.7. The standard InChI is InChI=1S/C15H16ClN3S/c16-13-11-14(19-7-4-9-20-10-8-19)18-15(17-13)12-5-2-1-3-6-12/h1-3,5-6,11H,4,7-10H2. The monoisotopic (exact) mass is 305 g/mol. The molecule has 0 radical (unpaired) electrons. The molecule has 0 saturated carbocycles. The lowest BCUT2D eigenvalue weighted by Crippen LogP contribution is -2.26. The van der Waals surface area contributed by atoms with Crippen molar-refractivity contribution in [3.63, 3.8) is 0 Å². The first-order valence-electron chi connectivity index (χ1n) is 6.75. The van der Waals surface area contributed by atoms with Gasteiger partial charge in [0, 0.05) is 30.5 Å². The van der Waals surface area contributed by atoms with Crippen LogP contribution in [0, 0.1) is 0 Å². The van der Waals surface area contributed by atoms with Crippen LogP contribution < -0.4 is 4.90 Å². The number of hydrogen-bond donors (Lipinski definition) is 0. The lowest BCUT2D eigenvalue weighted by molar-refractivity contribution is 0.799. The van der Waals surface area contributed by atoms with Crippen LogP contribution in [0.5, 0.6) is 0 Å². The second-order valence-electron chi connectivity index (χ2n) is 4.69. The molecule has 0 amide bonds. The summed E-state index contributed by atoms with van der Waals surface area (Å²) in [6.07, 6.45) is 1.19. The Balaban J connectivity index is 1.94. The van der Waals surface area contributed by atoms with Crippen molar-refractivity contribution in [1.29, 1.82) is 0 Å². The molecule has 1 aliphatic heterocycles. The minimum atomic E-state index is 0.505. The molecule has 1 aromatic heterocycles. The maximum atomic E-state index is 6.18. The van der Waals surface area contributed by atoms with Crippen LogP contribution in [-0.4, -0.2) is 34.6 Å². The van der Waals surface area contributed by atoms with Gasteiger partial charge in [0.1, 0.15) is 11.0 Å². The normalized spacial score (nSPS) is 15.9. The minimum absolute atomic E-state index is 0.505. The Morgan fingerprint density at radius 2 is 1.90 bits per heavy atom. The quantitative estimate of drug-likeness (QED) is 0.790. The summed E-state index contributed by atoms with van der Waals surface area (Å²) >= 11 is 8.18. The SMILES string of the molecule is Clc1cc(N2CCCSCC2)nc(-c2ccccc2)n1. The third-order valence-electron chi connectivity index (χ3n) is 3.26. The summed E-state index contributed by atoms with van der Waals surface area (Å²) < 4.78 is 0. The van der Waals surface area contributed by atoms with Gasteiger partial charge in [0.05, 0.1) is 0 Å². The number of nitrogens with zero attached hydrogens (tertiary/aromatic N) is 3. The van der Waals surface area contributed by atoms with E-state index in [-0.39, 0.29) is 0 Å². The highest BCUT2D eigenvalue weighted by atomic mass is 35.5. The third kappa shape index (κ3) is 3.25. The second kappa shape index (κ2) is 6.46. The number of hydrogen-bond acceptors (Lipinski definition) is 4. The van der Waals surface area contributed by atoms with Crippen LogP contribution in [0.1, 0.15) is 6.42 Å². The van der Waals surface area contributed by atoms with Crippen molar-refractivity contribution in [2.75, 3.05) is 29.5 Å². The van der Waals surface area contributed by atoms with E-state index in [0.29, 0.717) is 11.0 Å². The fraction of sp³-hybridized carbons (Fsp3) is 0.333. The van der Waals surface area contributed by atoms with Gasteiger partial charge in [0.15, 0.2) is 5.82 Å². The summed E-state index contributed by atoms with van der Waals surface area (Å²) in [6, 6.07) is 11.8. The molecule has 0 N–H and O–H groups in total. The number of thioether (sulfide) groups is 1. The number of anilines is 1. The van der Waals surface area contributed by atoms with Gasteiger partial charge in [-0.1, -0.05) is 41.9 Å². The highest BCUT2D eigenvalue weighted by molar-refractivity contribution is 7.99. The molecule has 0 unspecified atom stereocenters. The summed E-state index contributed by atoms with van der Waals surface area (Å²) in [6.45, 7) is 2.06. The van der Waals surface area contributed by atoms with Crippen molar-refractivity contribution >= 4 is 29.2 Å². The molecule has 1 fully saturated rings. The molecule has 3 nitrogen and oxygen atoms in total. The van der Waals surface area contributed by atoms with Crippen LogP contribution in [0.3, 0.4) is 0 Å². The van der Waals surface area contributed by atoms with E-state index in [1.807, 2.05) is 48.2 Å². The van der Waals surface area contributed by atoms with Crippen LogP contribution in [0.25, 0.3) is 11.4 Å². The Hall–Kier alpha value is -1.26. The molecule has 5 heteroatoms. The molecule has 1 aliphatic rings. The molecule has 1 saturated heterocycles. The molecule has 0 atom stereocenters. The molecular weight excluding hydrogens is 290 g/mol. The number of rotatable bonds is 2. The third-order valence-corrected chi connectivity index (χ3v) is 4.50. The molecular formula is C15H16ClN3S. The fourth-order valence-corrected chi connectivity index (χ4v) is 3.32. The topological polar surface area (TPSA) is 29.0 Å². The summed E-state index contributed by atoms with van der Waals surface area (Å²) in [5.41, 5.74) is 1.00. The van der Waals surface area contributed by atoms with Gasteiger partial charge in [-0.2, -0.15) is 11.8 Å². The van der Waals surface area contributed by atoms with Crippen LogP contribution in [0.15, 0.2) is 36.4 Å². The smallest absolute Gasteiger partial charge is 0.163 e. The lowest BCUT2D eigenvalue weighted by atomic mass is 10.2. The van der Waals surface area contributed by atoms with Crippen LogP contribution >= 0.6 is 23.4 Å². The van der Waals surface area contributed by atoms with E-state index < -0.39 is 0 Å². The zero-order valence-corrected chi connectivity index (χ0v) is 12.7. The van der Waals surface area contributed by atoms with Crippen molar-refractivity contribution < 1.29 is 0 Å². The summed E-state index contributed by atoms with van der Waals surface area (Å²) in [4.78, 5) is 11.3. The Kier molecular flexibility index (Phi) is 4.43. The van der Waals surface area contributed by atoms with E-state index in [1.165, 1.54) is 12.2 Å². The average Bonchev–Trinajstić information content (AvgIpc) is 2.77. The van der Waals surface area contributed by atoms with Gasteiger partial charge in [-0.05, 0) is 12.2 Å². The summed E-state index contributed by atoms with van der Waals surface area (Å²) in [5.74, 6) is 4.00. The fourth-order valence-electron chi connectivity index (χ4n) is 2.26. The first-order valence-corrected chi connectivity index (χ1v) is 8.29.